The van der Waals surface area contributed by atoms with Gasteiger partial charge in [0.1, 0.15) is 11.6 Å². The first-order valence-corrected chi connectivity index (χ1v) is 10.7. The topological polar surface area (TPSA) is 139 Å². The fourth-order valence-electron chi connectivity index (χ4n) is 4.14. The molecule has 1 saturated heterocycles. The SMILES string of the molecule is Cc1ccc(N2CC3CCn4c(C(=O)NCc5ccco5)nnc4C3C2)nn1.O=C(O)C(F)(F)F. The van der Waals surface area contributed by atoms with Crippen molar-refractivity contribution in [2.24, 2.45) is 5.92 Å². The highest BCUT2D eigenvalue weighted by molar-refractivity contribution is 5.90. The van der Waals surface area contributed by atoms with Crippen molar-refractivity contribution < 1.29 is 32.3 Å². The van der Waals surface area contributed by atoms with Crippen LogP contribution in [0.1, 0.15) is 40.2 Å². The van der Waals surface area contributed by atoms with Gasteiger partial charge in [-0.1, -0.05) is 0 Å². The van der Waals surface area contributed by atoms with Crippen LogP contribution in [0.15, 0.2) is 34.9 Å². The van der Waals surface area contributed by atoms with Crippen LogP contribution in [0.5, 0.6) is 0 Å². The van der Waals surface area contributed by atoms with Gasteiger partial charge < -0.3 is 24.3 Å². The molecule has 1 fully saturated rings. The van der Waals surface area contributed by atoms with Crippen LogP contribution < -0.4 is 10.2 Å². The molecule has 3 aromatic rings. The minimum atomic E-state index is -5.08. The van der Waals surface area contributed by atoms with Crippen molar-refractivity contribution >= 4 is 17.7 Å². The van der Waals surface area contributed by atoms with E-state index in [2.05, 4.69) is 30.6 Å². The van der Waals surface area contributed by atoms with Crippen LogP contribution in [0.3, 0.4) is 0 Å². The second kappa shape index (κ2) is 9.72. The van der Waals surface area contributed by atoms with Crippen LogP contribution in [0.4, 0.5) is 19.0 Å². The first-order chi connectivity index (χ1) is 16.6. The zero-order valence-corrected chi connectivity index (χ0v) is 18.6. The minimum absolute atomic E-state index is 0.229. The van der Waals surface area contributed by atoms with E-state index in [0.29, 0.717) is 24.0 Å². The summed E-state index contributed by atoms with van der Waals surface area (Å²) in [5, 5.41) is 27.0. The molecule has 1 amide bonds. The van der Waals surface area contributed by atoms with Gasteiger partial charge in [-0.2, -0.15) is 18.3 Å². The maximum Gasteiger partial charge on any atom is 0.490 e. The number of amides is 1. The lowest BCUT2D eigenvalue weighted by atomic mass is 9.89. The molecule has 0 spiro atoms. The van der Waals surface area contributed by atoms with Crippen LogP contribution >= 0.6 is 0 Å². The summed E-state index contributed by atoms with van der Waals surface area (Å²) < 4.78 is 39.0. The summed E-state index contributed by atoms with van der Waals surface area (Å²) in [6.07, 6.45) is -2.51. The summed E-state index contributed by atoms with van der Waals surface area (Å²) in [5.74, 6) is 0.602. The van der Waals surface area contributed by atoms with Crippen molar-refractivity contribution in [3.8, 4) is 0 Å². The van der Waals surface area contributed by atoms with E-state index in [9.17, 15) is 18.0 Å². The molecule has 2 N–H and O–H groups in total. The van der Waals surface area contributed by atoms with Gasteiger partial charge in [0.05, 0.1) is 18.5 Å². The van der Waals surface area contributed by atoms with Crippen LogP contribution in [0.2, 0.25) is 0 Å². The number of alkyl halides is 3. The number of carbonyl (C=O) groups is 2. The molecule has 2 atom stereocenters. The van der Waals surface area contributed by atoms with Crippen molar-refractivity contribution in [1.29, 1.82) is 0 Å². The van der Waals surface area contributed by atoms with Gasteiger partial charge in [0, 0.05) is 25.6 Å². The molecule has 0 saturated carbocycles. The Labute approximate surface area is 197 Å². The Morgan fingerprint density at radius 3 is 2.57 bits per heavy atom. The lowest BCUT2D eigenvalue weighted by molar-refractivity contribution is -0.192. The number of rotatable bonds is 4. The Balaban J connectivity index is 0.000000364. The molecule has 5 heterocycles. The highest BCUT2D eigenvalue weighted by atomic mass is 19.4. The molecule has 5 rings (SSSR count). The van der Waals surface area contributed by atoms with Crippen molar-refractivity contribution in [2.45, 2.75) is 38.5 Å². The minimum Gasteiger partial charge on any atom is -0.475 e. The molecule has 2 aliphatic heterocycles. The number of halogens is 3. The Morgan fingerprint density at radius 1 is 1.17 bits per heavy atom. The number of carbonyl (C=O) groups excluding carboxylic acids is 1. The molecular formula is C21H22F3N7O4. The maximum absolute atomic E-state index is 12.6. The number of hydrogen-bond acceptors (Lipinski definition) is 8. The second-order valence-electron chi connectivity index (χ2n) is 8.19. The van der Waals surface area contributed by atoms with Crippen molar-refractivity contribution in [1.82, 2.24) is 30.3 Å². The molecule has 3 aromatic heterocycles. The number of aromatic nitrogens is 5. The van der Waals surface area contributed by atoms with Gasteiger partial charge >= 0.3 is 12.1 Å². The predicted molar refractivity (Wildman–Crippen MR) is 113 cm³/mol. The Kier molecular flexibility index (Phi) is 6.71. The van der Waals surface area contributed by atoms with Crippen molar-refractivity contribution in [2.75, 3.05) is 18.0 Å². The number of aliphatic carboxylic acids is 1. The van der Waals surface area contributed by atoms with Crippen LogP contribution in [-0.2, 0) is 17.9 Å². The molecule has 0 bridgehead atoms. The summed E-state index contributed by atoms with van der Waals surface area (Å²) in [4.78, 5) is 23.7. The van der Waals surface area contributed by atoms with Gasteiger partial charge in [-0.25, -0.2) is 4.79 Å². The van der Waals surface area contributed by atoms with Crippen molar-refractivity contribution in [3.05, 3.63) is 53.6 Å². The summed E-state index contributed by atoms with van der Waals surface area (Å²) in [6.45, 7) is 4.76. The van der Waals surface area contributed by atoms with Gasteiger partial charge in [-0.3, -0.25) is 4.79 Å². The fourth-order valence-corrected chi connectivity index (χ4v) is 4.14. The number of nitrogens with one attached hydrogen (secondary N) is 1. The molecule has 35 heavy (non-hydrogen) atoms. The van der Waals surface area contributed by atoms with Crippen LogP contribution in [0, 0.1) is 12.8 Å². The lowest BCUT2D eigenvalue weighted by Gasteiger charge is -2.24. The summed E-state index contributed by atoms with van der Waals surface area (Å²) in [7, 11) is 0. The maximum atomic E-state index is 12.6. The first kappa shape index (κ1) is 24.2. The third kappa shape index (κ3) is 5.41. The summed E-state index contributed by atoms with van der Waals surface area (Å²) >= 11 is 0. The first-order valence-electron chi connectivity index (χ1n) is 10.7. The number of nitrogens with zero attached hydrogens (tertiary/aromatic N) is 6. The van der Waals surface area contributed by atoms with E-state index in [4.69, 9.17) is 14.3 Å². The van der Waals surface area contributed by atoms with Gasteiger partial charge in [0.25, 0.3) is 5.91 Å². The van der Waals surface area contributed by atoms with Crippen molar-refractivity contribution in [3.63, 3.8) is 0 Å². The Morgan fingerprint density at radius 2 is 1.94 bits per heavy atom. The largest absolute Gasteiger partial charge is 0.490 e. The van der Waals surface area contributed by atoms with E-state index in [0.717, 1.165) is 43.4 Å². The third-order valence-corrected chi connectivity index (χ3v) is 5.83. The van der Waals surface area contributed by atoms with E-state index >= 15 is 0 Å². The molecule has 0 radical (unpaired) electrons. The van der Waals surface area contributed by atoms with Gasteiger partial charge in [0.2, 0.25) is 5.82 Å². The molecule has 14 heteroatoms. The van der Waals surface area contributed by atoms with Crippen LogP contribution in [-0.4, -0.2) is 61.2 Å². The normalized spacial score (nSPS) is 18.8. The molecular weight excluding hydrogens is 471 g/mol. The number of anilines is 1. The molecule has 186 valence electrons. The lowest BCUT2D eigenvalue weighted by Crippen LogP contribution is -2.30. The van der Waals surface area contributed by atoms with E-state index in [-0.39, 0.29) is 11.8 Å². The number of fused-ring (bicyclic) bond motifs is 3. The number of carboxylic acid groups (broad SMARTS) is 1. The average molecular weight is 493 g/mol. The number of aryl methyl sites for hydroxylation is 1. The molecule has 2 aliphatic rings. The highest BCUT2D eigenvalue weighted by Crippen LogP contribution is 2.39. The van der Waals surface area contributed by atoms with E-state index < -0.39 is 12.1 Å². The Hall–Kier alpha value is -3.97. The average Bonchev–Trinajstić information content (AvgIpc) is 3.56. The number of carboxylic acids is 1. The van der Waals surface area contributed by atoms with Gasteiger partial charge in [-0.05, 0) is 43.5 Å². The van der Waals surface area contributed by atoms with E-state index in [1.54, 1.807) is 12.3 Å². The third-order valence-electron chi connectivity index (χ3n) is 5.83. The zero-order valence-electron chi connectivity index (χ0n) is 18.6. The number of furan rings is 1. The predicted octanol–water partition coefficient (Wildman–Crippen LogP) is 2.16. The summed E-state index contributed by atoms with van der Waals surface area (Å²) in [6, 6.07) is 7.61. The monoisotopic (exact) mass is 493 g/mol. The molecule has 0 aliphatic carbocycles. The van der Waals surface area contributed by atoms with E-state index in [1.165, 1.54) is 0 Å². The summed E-state index contributed by atoms with van der Waals surface area (Å²) in [5.41, 5.74) is 0.908. The molecule has 11 nitrogen and oxygen atoms in total. The highest BCUT2D eigenvalue weighted by Gasteiger charge is 2.41. The second-order valence-corrected chi connectivity index (χ2v) is 8.19. The standard InChI is InChI=1S/C19H21N7O2.C2HF3O2/c1-12-4-5-16(22-21-12)25-10-13-6-7-26-17(15(13)11-25)23-24-18(26)19(27)20-9-14-3-2-8-28-14;3-2(4,5)1(6)7/h2-5,8,13,15H,6-7,9-11H2,1H3,(H,20,27);(H,6,7). The smallest absolute Gasteiger partial charge is 0.475 e. The zero-order chi connectivity index (χ0) is 25.2. The number of hydrogen-bond donors (Lipinski definition) is 2. The van der Waals surface area contributed by atoms with Gasteiger partial charge in [-0.15, -0.1) is 15.3 Å². The Bertz CT molecular complexity index is 1180. The van der Waals surface area contributed by atoms with Crippen LogP contribution in [0.25, 0.3) is 0 Å². The quantitative estimate of drug-likeness (QED) is 0.560. The van der Waals surface area contributed by atoms with Gasteiger partial charge in [0.15, 0.2) is 5.82 Å². The molecule has 0 aromatic carbocycles. The van der Waals surface area contributed by atoms with E-state index in [1.807, 2.05) is 29.7 Å². The fraction of sp³-hybridized carbons (Fsp3) is 0.429. The molecule has 2 unspecified atom stereocenters.